The first-order valence-corrected chi connectivity index (χ1v) is 8.32. The van der Waals surface area contributed by atoms with E-state index in [0.717, 1.165) is 5.56 Å². The van der Waals surface area contributed by atoms with Crippen LogP contribution in [0, 0.1) is 12.7 Å². The molecule has 26 heavy (non-hydrogen) atoms. The Morgan fingerprint density at radius 2 is 1.85 bits per heavy atom. The maximum atomic E-state index is 13.6. The van der Waals surface area contributed by atoms with Crippen molar-refractivity contribution in [3.05, 3.63) is 98.7 Å². The van der Waals surface area contributed by atoms with Crippen LogP contribution in [0.2, 0.25) is 5.02 Å². The lowest BCUT2D eigenvalue weighted by Gasteiger charge is -2.10. The highest BCUT2D eigenvalue weighted by Gasteiger charge is 2.10. The van der Waals surface area contributed by atoms with Gasteiger partial charge in [-0.05, 0) is 48.4 Å². The number of amides is 1. The standard InChI is InChI=1S/C20H16ClFN2O2/c1-13-2-8-17(10-18(13)22)23-20(26)15-5-9-19(25)24(12-15)11-14-3-6-16(21)7-4-14/h2-10,12H,11H2,1H3,(H,23,26). The maximum Gasteiger partial charge on any atom is 0.257 e. The molecule has 6 heteroatoms. The van der Waals surface area contributed by atoms with Gasteiger partial charge in [-0.15, -0.1) is 0 Å². The second-order valence-corrected chi connectivity index (χ2v) is 6.36. The van der Waals surface area contributed by atoms with E-state index >= 15 is 0 Å². The van der Waals surface area contributed by atoms with Crippen molar-refractivity contribution in [2.45, 2.75) is 13.5 Å². The molecule has 0 bridgehead atoms. The number of nitrogens with one attached hydrogen (secondary N) is 1. The number of hydrogen-bond acceptors (Lipinski definition) is 2. The van der Waals surface area contributed by atoms with Crippen LogP contribution in [0.1, 0.15) is 21.5 Å². The Hall–Kier alpha value is -2.92. The van der Waals surface area contributed by atoms with Crippen LogP contribution in [-0.4, -0.2) is 10.5 Å². The average molecular weight is 371 g/mol. The zero-order chi connectivity index (χ0) is 18.7. The molecule has 0 aliphatic rings. The lowest BCUT2D eigenvalue weighted by Crippen LogP contribution is -2.22. The van der Waals surface area contributed by atoms with Gasteiger partial charge >= 0.3 is 0 Å². The molecule has 4 nitrogen and oxygen atoms in total. The SMILES string of the molecule is Cc1ccc(NC(=O)c2ccc(=O)n(Cc3ccc(Cl)cc3)c2)cc1F. The molecule has 1 N–H and O–H groups in total. The molecule has 0 radical (unpaired) electrons. The van der Waals surface area contributed by atoms with Crippen LogP contribution in [0.4, 0.5) is 10.1 Å². The number of halogens is 2. The van der Waals surface area contributed by atoms with Crippen molar-refractivity contribution in [1.29, 1.82) is 0 Å². The molecule has 3 aromatic rings. The van der Waals surface area contributed by atoms with E-state index in [1.54, 1.807) is 31.2 Å². The Morgan fingerprint density at radius 3 is 2.54 bits per heavy atom. The fraction of sp³-hybridized carbons (Fsp3) is 0.100. The highest BCUT2D eigenvalue weighted by Crippen LogP contribution is 2.15. The summed E-state index contributed by atoms with van der Waals surface area (Å²) in [5.41, 5.74) is 1.82. The Labute approximate surface area is 154 Å². The Kier molecular flexibility index (Phi) is 5.19. The molecule has 0 aliphatic carbocycles. The first-order valence-electron chi connectivity index (χ1n) is 7.95. The summed E-state index contributed by atoms with van der Waals surface area (Å²) >= 11 is 5.86. The lowest BCUT2D eigenvalue weighted by molar-refractivity contribution is 0.102. The molecule has 132 valence electrons. The van der Waals surface area contributed by atoms with E-state index in [9.17, 15) is 14.0 Å². The number of nitrogens with zero attached hydrogens (tertiary/aromatic N) is 1. The van der Waals surface area contributed by atoms with Crippen LogP contribution in [0.15, 0.2) is 65.6 Å². The number of carbonyl (C=O) groups excluding carboxylic acids is 1. The van der Waals surface area contributed by atoms with Crippen LogP contribution in [0.25, 0.3) is 0 Å². The van der Waals surface area contributed by atoms with Crippen LogP contribution in [-0.2, 0) is 6.54 Å². The molecule has 3 rings (SSSR count). The first-order chi connectivity index (χ1) is 12.4. The highest BCUT2D eigenvalue weighted by atomic mass is 35.5. The van der Waals surface area contributed by atoms with Crippen molar-refractivity contribution < 1.29 is 9.18 Å². The molecule has 2 aromatic carbocycles. The number of rotatable bonds is 4. The molecule has 0 saturated heterocycles. The van der Waals surface area contributed by atoms with E-state index in [0.29, 0.717) is 28.4 Å². The van der Waals surface area contributed by atoms with Gasteiger partial charge in [0.1, 0.15) is 5.82 Å². The Balaban J connectivity index is 1.81. The quantitative estimate of drug-likeness (QED) is 0.746. The average Bonchev–Trinajstić information content (AvgIpc) is 2.62. The topological polar surface area (TPSA) is 51.1 Å². The summed E-state index contributed by atoms with van der Waals surface area (Å²) in [6, 6.07) is 14.4. The van der Waals surface area contributed by atoms with Crippen molar-refractivity contribution in [1.82, 2.24) is 4.57 Å². The molecule has 1 amide bonds. The third-order valence-electron chi connectivity index (χ3n) is 3.94. The number of anilines is 1. The van der Waals surface area contributed by atoms with Gasteiger partial charge in [-0.25, -0.2) is 4.39 Å². The predicted octanol–water partition coefficient (Wildman–Crippen LogP) is 4.25. The van der Waals surface area contributed by atoms with E-state index in [2.05, 4.69) is 5.32 Å². The first kappa shape index (κ1) is 17.9. The Morgan fingerprint density at radius 1 is 1.12 bits per heavy atom. The molecule has 0 fully saturated rings. The van der Waals surface area contributed by atoms with E-state index in [1.807, 2.05) is 12.1 Å². The van der Waals surface area contributed by atoms with Gasteiger partial charge in [-0.2, -0.15) is 0 Å². The predicted molar refractivity (Wildman–Crippen MR) is 100 cm³/mol. The smallest absolute Gasteiger partial charge is 0.257 e. The molecule has 0 spiro atoms. The van der Waals surface area contributed by atoms with E-state index in [4.69, 9.17) is 11.6 Å². The molecule has 1 aromatic heterocycles. The van der Waals surface area contributed by atoms with Crippen LogP contribution in [0.5, 0.6) is 0 Å². The van der Waals surface area contributed by atoms with E-state index in [1.165, 1.54) is 29.0 Å². The number of pyridine rings is 1. The summed E-state index contributed by atoms with van der Waals surface area (Å²) in [5, 5.41) is 3.24. The second-order valence-electron chi connectivity index (χ2n) is 5.93. The maximum absolute atomic E-state index is 13.6. The fourth-order valence-electron chi connectivity index (χ4n) is 2.45. The van der Waals surface area contributed by atoms with Gasteiger partial charge < -0.3 is 9.88 Å². The minimum atomic E-state index is -0.418. The van der Waals surface area contributed by atoms with Gasteiger partial charge in [-0.1, -0.05) is 29.8 Å². The van der Waals surface area contributed by atoms with Crippen LogP contribution < -0.4 is 10.9 Å². The second kappa shape index (κ2) is 7.54. The van der Waals surface area contributed by atoms with Gasteiger partial charge in [0.2, 0.25) is 0 Å². The lowest BCUT2D eigenvalue weighted by atomic mass is 10.2. The number of benzene rings is 2. The van der Waals surface area contributed by atoms with E-state index in [-0.39, 0.29) is 5.56 Å². The van der Waals surface area contributed by atoms with Crippen molar-refractivity contribution >= 4 is 23.2 Å². The third-order valence-corrected chi connectivity index (χ3v) is 4.19. The normalized spacial score (nSPS) is 10.6. The minimum absolute atomic E-state index is 0.224. The number of aryl methyl sites for hydroxylation is 1. The van der Waals surface area contributed by atoms with Gasteiger partial charge in [0.25, 0.3) is 11.5 Å². The van der Waals surface area contributed by atoms with Crippen LogP contribution in [0.3, 0.4) is 0 Å². The molecule has 0 atom stereocenters. The van der Waals surface area contributed by atoms with Crippen molar-refractivity contribution in [3.8, 4) is 0 Å². The largest absolute Gasteiger partial charge is 0.322 e. The number of hydrogen-bond donors (Lipinski definition) is 1. The van der Waals surface area contributed by atoms with E-state index < -0.39 is 11.7 Å². The van der Waals surface area contributed by atoms with Gasteiger partial charge in [0, 0.05) is 23.0 Å². The zero-order valence-electron chi connectivity index (χ0n) is 14.0. The molecule has 0 aliphatic heterocycles. The van der Waals surface area contributed by atoms with Crippen molar-refractivity contribution in [3.63, 3.8) is 0 Å². The van der Waals surface area contributed by atoms with Gasteiger partial charge in [-0.3, -0.25) is 9.59 Å². The fourth-order valence-corrected chi connectivity index (χ4v) is 2.58. The summed E-state index contributed by atoms with van der Waals surface area (Å²) in [5.74, 6) is -0.811. The monoisotopic (exact) mass is 370 g/mol. The Bertz CT molecular complexity index is 1010. The summed E-state index contributed by atoms with van der Waals surface area (Å²) < 4.78 is 15.1. The summed E-state index contributed by atoms with van der Waals surface area (Å²) in [6.07, 6.45) is 1.48. The summed E-state index contributed by atoms with van der Waals surface area (Å²) in [7, 11) is 0. The van der Waals surface area contributed by atoms with Crippen molar-refractivity contribution in [2.24, 2.45) is 0 Å². The zero-order valence-corrected chi connectivity index (χ0v) is 14.8. The molecular formula is C20H16ClFN2O2. The summed E-state index contributed by atoms with van der Waals surface area (Å²) in [4.78, 5) is 24.5. The highest BCUT2D eigenvalue weighted by molar-refractivity contribution is 6.30. The number of aromatic nitrogens is 1. The van der Waals surface area contributed by atoms with Crippen molar-refractivity contribution in [2.75, 3.05) is 5.32 Å². The minimum Gasteiger partial charge on any atom is -0.322 e. The van der Waals surface area contributed by atoms with Gasteiger partial charge in [0.15, 0.2) is 0 Å². The molecule has 0 saturated carbocycles. The molecule has 1 heterocycles. The number of carbonyl (C=O) groups is 1. The molecule has 0 unspecified atom stereocenters. The van der Waals surface area contributed by atoms with Gasteiger partial charge in [0.05, 0.1) is 12.1 Å². The third kappa shape index (κ3) is 4.18. The summed E-state index contributed by atoms with van der Waals surface area (Å²) in [6.45, 7) is 1.96. The van der Waals surface area contributed by atoms with Crippen LogP contribution >= 0.6 is 11.6 Å². The molecular weight excluding hydrogens is 355 g/mol.